The summed E-state index contributed by atoms with van der Waals surface area (Å²) in [5.74, 6) is 0. The van der Waals surface area contributed by atoms with Crippen molar-refractivity contribution in [2.24, 2.45) is 7.05 Å². The highest BCUT2D eigenvalue weighted by Crippen LogP contribution is 2.35. The van der Waals surface area contributed by atoms with E-state index in [1.807, 2.05) is 0 Å². The Hall–Kier alpha value is -3.10. The quantitative estimate of drug-likeness (QED) is 0.379. The van der Waals surface area contributed by atoms with Gasteiger partial charge < -0.3 is 4.90 Å². The van der Waals surface area contributed by atoms with Crippen LogP contribution in [0.25, 0.3) is 17.0 Å². The van der Waals surface area contributed by atoms with Crippen LogP contribution in [0, 0.1) is 0 Å². The number of nitrogens with zero attached hydrogens (tertiary/aromatic N) is 2. The summed E-state index contributed by atoms with van der Waals surface area (Å²) in [4.78, 5) is 2.32. The molecule has 0 atom stereocenters. The molecule has 3 heteroatoms. The number of pyridine rings is 1. The first-order valence-electron chi connectivity index (χ1n) is 11.8. The molecule has 2 nitrogen and oxygen atoms in total. The first kappa shape index (κ1) is 21.7. The van der Waals surface area contributed by atoms with E-state index in [0.717, 1.165) is 37.1 Å². The highest BCUT2D eigenvalue weighted by atomic mass is 35.5. The zero-order valence-corrected chi connectivity index (χ0v) is 20.1. The maximum atomic E-state index is 6.90. The molecular weight excluding hydrogens is 424 g/mol. The first-order valence-corrected chi connectivity index (χ1v) is 12.2. The summed E-state index contributed by atoms with van der Waals surface area (Å²) < 4.78 is 2.24. The fourth-order valence-corrected chi connectivity index (χ4v) is 5.26. The minimum Gasteiger partial charge on any atom is -0.348 e. The van der Waals surface area contributed by atoms with Crippen molar-refractivity contribution in [2.75, 3.05) is 11.9 Å². The lowest BCUT2D eigenvalue weighted by Crippen LogP contribution is -2.32. The summed E-state index contributed by atoms with van der Waals surface area (Å²) >= 11 is 6.90. The van der Waals surface area contributed by atoms with Gasteiger partial charge in [-0.1, -0.05) is 54.1 Å². The van der Waals surface area contributed by atoms with E-state index < -0.39 is 0 Å². The van der Waals surface area contributed by atoms with E-state index in [0.29, 0.717) is 0 Å². The summed E-state index contributed by atoms with van der Waals surface area (Å²) in [5.41, 5.74) is 8.95. The van der Waals surface area contributed by atoms with E-state index in [4.69, 9.17) is 11.6 Å². The van der Waals surface area contributed by atoms with Crippen molar-refractivity contribution in [3.63, 3.8) is 0 Å². The molecule has 0 saturated carbocycles. The van der Waals surface area contributed by atoms with Gasteiger partial charge in [0.25, 0.3) is 0 Å². The Morgan fingerprint density at radius 2 is 1.67 bits per heavy atom. The van der Waals surface area contributed by atoms with Crippen molar-refractivity contribution < 1.29 is 4.57 Å². The summed E-state index contributed by atoms with van der Waals surface area (Å²) in [7, 11) is 4.29. The third-order valence-electron chi connectivity index (χ3n) is 6.94. The summed E-state index contributed by atoms with van der Waals surface area (Å²) in [6.45, 7) is 0. The molecule has 1 aliphatic heterocycles. The van der Waals surface area contributed by atoms with Crippen LogP contribution in [0.3, 0.4) is 0 Å². The molecule has 1 aliphatic carbocycles. The second-order valence-electron chi connectivity index (χ2n) is 8.94. The largest absolute Gasteiger partial charge is 0.348 e. The number of halogens is 1. The predicted molar refractivity (Wildman–Crippen MR) is 140 cm³/mol. The molecule has 0 unspecified atom stereocenters. The molecule has 0 spiro atoms. The number of benzene rings is 2. The molecule has 5 rings (SSSR count). The molecule has 166 valence electrons. The average Bonchev–Trinajstić information content (AvgIpc) is 2.85. The van der Waals surface area contributed by atoms with Gasteiger partial charge in [-0.25, -0.2) is 0 Å². The Morgan fingerprint density at radius 3 is 2.58 bits per heavy atom. The number of hydrogen-bond acceptors (Lipinski definition) is 1. The number of allylic oxidation sites excluding steroid dienone is 7. The zero-order valence-electron chi connectivity index (χ0n) is 19.4. The van der Waals surface area contributed by atoms with Gasteiger partial charge in [-0.3, -0.25) is 0 Å². The lowest BCUT2D eigenvalue weighted by Gasteiger charge is -2.30. The van der Waals surface area contributed by atoms with Crippen LogP contribution in [0.4, 0.5) is 5.69 Å². The molecule has 33 heavy (non-hydrogen) atoms. The monoisotopic (exact) mass is 453 g/mol. The van der Waals surface area contributed by atoms with E-state index >= 15 is 0 Å². The normalized spacial score (nSPS) is 19.2. The third-order valence-corrected chi connectivity index (χ3v) is 7.43. The fourth-order valence-electron chi connectivity index (χ4n) is 4.95. The van der Waals surface area contributed by atoms with Gasteiger partial charge in [-0.15, -0.1) is 0 Å². The predicted octanol–water partition coefficient (Wildman–Crippen LogP) is 7.25. The standard InChI is InChI=1S/C30H30ClN2/c1-32-26(18-14-22-8-3-5-12-28(22)32)20-16-24-10-7-11-25(30(24)31)17-21-27-19-15-23-9-4-6-13-29(23)33(27)2/h3-6,8-9,12-14,16-18,20-21H,7,10-11,15,19H2,1-2H3/q+1. The number of para-hydroxylation sites is 2. The van der Waals surface area contributed by atoms with Gasteiger partial charge in [-0.05, 0) is 73.1 Å². The summed E-state index contributed by atoms with van der Waals surface area (Å²) in [6.07, 6.45) is 14.2. The topological polar surface area (TPSA) is 7.12 Å². The minimum absolute atomic E-state index is 0.914. The molecule has 0 fully saturated rings. The molecule has 2 aliphatic rings. The van der Waals surface area contributed by atoms with Crippen LogP contribution in [0.1, 0.15) is 36.9 Å². The number of aromatic nitrogens is 1. The minimum atomic E-state index is 0.914. The highest BCUT2D eigenvalue weighted by molar-refractivity contribution is 6.32. The Bertz CT molecular complexity index is 1330. The van der Waals surface area contributed by atoms with Gasteiger partial charge in [0.1, 0.15) is 7.05 Å². The van der Waals surface area contributed by atoms with Gasteiger partial charge >= 0.3 is 0 Å². The molecule has 0 bridgehead atoms. The third kappa shape index (κ3) is 4.41. The summed E-state index contributed by atoms with van der Waals surface area (Å²) in [6, 6.07) is 21.5. The van der Waals surface area contributed by atoms with Gasteiger partial charge in [0.05, 0.1) is 0 Å². The van der Waals surface area contributed by atoms with Crippen molar-refractivity contribution in [3.8, 4) is 0 Å². The molecule has 0 N–H and O–H groups in total. The molecule has 2 heterocycles. The molecule has 2 aromatic carbocycles. The van der Waals surface area contributed by atoms with Crippen LogP contribution in [-0.4, -0.2) is 7.05 Å². The van der Waals surface area contributed by atoms with Gasteiger partial charge in [0.15, 0.2) is 0 Å². The van der Waals surface area contributed by atoms with E-state index in [-0.39, 0.29) is 0 Å². The van der Waals surface area contributed by atoms with Gasteiger partial charge in [0, 0.05) is 47.1 Å². The molecule has 0 saturated heterocycles. The van der Waals surface area contributed by atoms with Crippen molar-refractivity contribution in [1.29, 1.82) is 0 Å². The Kier molecular flexibility index (Phi) is 6.20. The van der Waals surface area contributed by atoms with Crippen molar-refractivity contribution in [2.45, 2.75) is 32.1 Å². The maximum absolute atomic E-state index is 6.90. The average molecular weight is 454 g/mol. The SMILES string of the molecule is CN1/C(=C/C=C2\CCCC(/C=C/c3ccc4ccccc4[n+]3C)=C2Cl)CCc2ccccc21. The lowest BCUT2D eigenvalue weighted by atomic mass is 9.93. The smallest absolute Gasteiger partial charge is 0.212 e. The lowest BCUT2D eigenvalue weighted by molar-refractivity contribution is -0.646. The fraction of sp³-hybridized carbons (Fsp3) is 0.233. The van der Waals surface area contributed by atoms with Crippen LogP contribution >= 0.6 is 11.6 Å². The van der Waals surface area contributed by atoms with E-state index in [2.05, 4.69) is 109 Å². The van der Waals surface area contributed by atoms with E-state index in [9.17, 15) is 0 Å². The summed E-state index contributed by atoms with van der Waals surface area (Å²) in [5, 5.41) is 2.16. The maximum Gasteiger partial charge on any atom is 0.212 e. The van der Waals surface area contributed by atoms with Crippen molar-refractivity contribution in [1.82, 2.24) is 0 Å². The van der Waals surface area contributed by atoms with Crippen LogP contribution in [-0.2, 0) is 13.5 Å². The Morgan fingerprint density at radius 1 is 0.848 bits per heavy atom. The Labute approximate surface area is 201 Å². The number of aryl methyl sites for hydroxylation is 2. The first-order chi connectivity index (χ1) is 16.1. The zero-order chi connectivity index (χ0) is 22.8. The van der Waals surface area contributed by atoms with Crippen molar-refractivity contribution >= 4 is 34.3 Å². The highest BCUT2D eigenvalue weighted by Gasteiger charge is 2.18. The van der Waals surface area contributed by atoms with Gasteiger partial charge in [0.2, 0.25) is 11.2 Å². The van der Waals surface area contributed by atoms with Crippen LogP contribution in [0.15, 0.2) is 101 Å². The number of rotatable bonds is 3. The second-order valence-corrected chi connectivity index (χ2v) is 9.32. The van der Waals surface area contributed by atoms with Crippen molar-refractivity contribution in [3.05, 3.63) is 112 Å². The van der Waals surface area contributed by atoms with Gasteiger partial charge in [-0.2, -0.15) is 4.57 Å². The number of anilines is 1. The van der Waals surface area contributed by atoms with Crippen LogP contribution in [0.5, 0.6) is 0 Å². The number of hydrogen-bond donors (Lipinski definition) is 0. The van der Waals surface area contributed by atoms with E-state index in [1.54, 1.807) is 0 Å². The molecule has 3 aromatic rings. The van der Waals surface area contributed by atoms with E-state index in [1.165, 1.54) is 44.7 Å². The van der Waals surface area contributed by atoms with Crippen LogP contribution in [0.2, 0.25) is 0 Å². The Balaban J connectivity index is 1.40. The molecule has 0 radical (unpaired) electrons. The van der Waals surface area contributed by atoms with Crippen LogP contribution < -0.4 is 9.47 Å². The second kappa shape index (κ2) is 9.41. The molecule has 1 aromatic heterocycles. The molecular formula is C30H30ClN2+. The molecule has 0 amide bonds. The number of fused-ring (bicyclic) bond motifs is 2.